The van der Waals surface area contributed by atoms with Crippen molar-refractivity contribution in [3.05, 3.63) is 72.9 Å². The highest BCUT2D eigenvalue weighted by molar-refractivity contribution is 8.77. The molecule has 0 fully saturated rings. The monoisotopic (exact) mass is 606 g/mol. The number of amides is 2. The zero-order chi connectivity index (χ0) is 30.4. The summed E-state index contributed by atoms with van der Waals surface area (Å²) in [5.41, 5.74) is 0. The highest BCUT2D eigenvalue weighted by Crippen LogP contribution is 2.34. The van der Waals surface area contributed by atoms with Gasteiger partial charge >= 0.3 is 6.09 Å². The van der Waals surface area contributed by atoms with Crippen LogP contribution in [0, 0.1) is 0 Å². The van der Waals surface area contributed by atoms with Crippen LogP contribution in [-0.2, 0) is 9.53 Å². The van der Waals surface area contributed by atoms with E-state index in [1.54, 1.807) is 21.6 Å². The molecule has 6 nitrogen and oxygen atoms in total. The molecule has 0 rings (SSSR count). The molecule has 0 heterocycles. The molecule has 0 aromatic rings. The molecule has 1 atom stereocenters. The van der Waals surface area contributed by atoms with Gasteiger partial charge in [0.05, 0.1) is 6.10 Å². The lowest BCUT2D eigenvalue weighted by Gasteiger charge is -2.23. The first kappa shape index (κ1) is 38.8. The predicted octanol–water partition coefficient (Wildman–Crippen LogP) is 8.24. The zero-order valence-electron chi connectivity index (χ0n) is 25.7. The first-order valence-electron chi connectivity index (χ1n) is 14.9. The number of carbonyl (C=O) groups is 2. The molecule has 0 bridgehead atoms. The number of rotatable bonds is 24. The van der Waals surface area contributed by atoms with E-state index in [0.29, 0.717) is 25.9 Å². The summed E-state index contributed by atoms with van der Waals surface area (Å²) in [5, 5.41) is 15.1. The van der Waals surface area contributed by atoms with Crippen LogP contribution in [0.5, 0.6) is 0 Å². The Morgan fingerprint density at radius 3 is 1.83 bits per heavy atom. The van der Waals surface area contributed by atoms with E-state index in [9.17, 15) is 14.7 Å². The molecular formula is C33H54N2O4S2. The lowest BCUT2D eigenvalue weighted by molar-refractivity contribution is -0.120. The van der Waals surface area contributed by atoms with Gasteiger partial charge in [0, 0.05) is 30.0 Å². The van der Waals surface area contributed by atoms with Gasteiger partial charge in [0.1, 0.15) is 6.61 Å². The highest BCUT2D eigenvalue weighted by Gasteiger charge is 2.20. The molecule has 41 heavy (non-hydrogen) atoms. The Balaban J connectivity index is 3.73. The maximum atomic E-state index is 12.0. The number of hydrogen-bond donors (Lipinski definition) is 3. The SMILES string of the molecule is CC/C=C\C/C=C\C/C=C\C/C=C\C/C=C\C/C=C\CCC(=O)NCCSSC(C)(C)CNC(=O)OC[C@@H](O)CC. The summed E-state index contributed by atoms with van der Waals surface area (Å²) in [6.07, 6.45) is 32.6. The van der Waals surface area contributed by atoms with Gasteiger partial charge in [-0.15, -0.1) is 0 Å². The van der Waals surface area contributed by atoms with Crippen molar-refractivity contribution in [2.75, 3.05) is 25.4 Å². The quantitative estimate of drug-likeness (QED) is 0.0583. The van der Waals surface area contributed by atoms with Gasteiger partial charge in [0.2, 0.25) is 5.91 Å². The summed E-state index contributed by atoms with van der Waals surface area (Å²) < 4.78 is 4.80. The lowest BCUT2D eigenvalue weighted by atomic mass is 10.2. The van der Waals surface area contributed by atoms with Crippen molar-refractivity contribution in [2.24, 2.45) is 0 Å². The molecule has 0 unspecified atom stereocenters. The Morgan fingerprint density at radius 2 is 1.32 bits per heavy atom. The molecule has 0 saturated carbocycles. The largest absolute Gasteiger partial charge is 0.447 e. The van der Waals surface area contributed by atoms with Gasteiger partial charge in [-0.1, -0.05) is 108 Å². The molecule has 0 spiro atoms. The third kappa shape index (κ3) is 29.1. The van der Waals surface area contributed by atoms with Gasteiger partial charge in [-0.05, 0) is 65.2 Å². The highest BCUT2D eigenvalue weighted by atomic mass is 33.1. The van der Waals surface area contributed by atoms with Crippen molar-refractivity contribution in [3.63, 3.8) is 0 Å². The van der Waals surface area contributed by atoms with Crippen molar-refractivity contribution in [1.29, 1.82) is 0 Å². The Morgan fingerprint density at radius 1 is 0.805 bits per heavy atom. The number of alkyl carbamates (subject to hydrolysis) is 1. The second kappa shape index (κ2) is 28.0. The van der Waals surface area contributed by atoms with E-state index < -0.39 is 12.2 Å². The van der Waals surface area contributed by atoms with Crippen LogP contribution in [0.2, 0.25) is 0 Å². The Bertz CT molecular complexity index is 848. The minimum atomic E-state index is -0.625. The van der Waals surface area contributed by atoms with E-state index in [0.717, 1.165) is 50.7 Å². The maximum Gasteiger partial charge on any atom is 0.407 e. The van der Waals surface area contributed by atoms with Crippen LogP contribution < -0.4 is 10.6 Å². The number of aliphatic hydroxyl groups is 1. The van der Waals surface area contributed by atoms with E-state index >= 15 is 0 Å². The van der Waals surface area contributed by atoms with Crippen molar-refractivity contribution in [1.82, 2.24) is 10.6 Å². The van der Waals surface area contributed by atoms with Crippen LogP contribution in [0.3, 0.4) is 0 Å². The fourth-order valence-corrected chi connectivity index (χ4v) is 5.38. The minimum Gasteiger partial charge on any atom is -0.447 e. The molecule has 0 aliphatic heterocycles. The first-order valence-corrected chi connectivity index (χ1v) is 17.2. The minimum absolute atomic E-state index is 0.00441. The number of carbonyl (C=O) groups excluding carboxylic acids is 2. The van der Waals surface area contributed by atoms with Gasteiger partial charge in [-0.2, -0.15) is 0 Å². The van der Waals surface area contributed by atoms with Crippen molar-refractivity contribution < 1.29 is 19.4 Å². The second-order valence-electron chi connectivity index (χ2n) is 9.98. The summed E-state index contributed by atoms with van der Waals surface area (Å²) in [6, 6.07) is 0. The van der Waals surface area contributed by atoms with Crippen LogP contribution in [0.4, 0.5) is 4.79 Å². The summed E-state index contributed by atoms with van der Waals surface area (Å²) in [4.78, 5) is 23.7. The van der Waals surface area contributed by atoms with Crippen LogP contribution in [0.15, 0.2) is 72.9 Å². The number of ether oxygens (including phenoxy) is 1. The number of aliphatic hydroxyl groups excluding tert-OH is 1. The van der Waals surface area contributed by atoms with E-state index in [4.69, 9.17) is 4.74 Å². The van der Waals surface area contributed by atoms with E-state index in [1.165, 1.54) is 0 Å². The number of nitrogens with one attached hydrogen (secondary N) is 2. The first-order chi connectivity index (χ1) is 19.8. The summed E-state index contributed by atoms with van der Waals surface area (Å²) in [7, 11) is 3.32. The Hall–Kier alpha value is -2.16. The molecule has 0 aromatic carbocycles. The third-order valence-electron chi connectivity index (χ3n) is 5.46. The standard InChI is InChI=1S/C33H54N2O4S2/c1-5-7-8-9-10-11-12-13-14-15-16-17-18-19-20-21-22-23-24-25-31(37)34-26-27-40-41-33(3,4)29-35-32(38)39-28-30(36)6-2/h7-8,10-11,13-14,16-17,19-20,22-23,30,36H,5-6,9,12,15,18,21,24-29H2,1-4H3,(H,34,37)(H,35,38)/b8-7-,11-10-,14-13-,17-16-,20-19-,23-22-/t30-/m0/s1. The Labute approximate surface area is 257 Å². The van der Waals surface area contributed by atoms with Crippen molar-refractivity contribution >= 4 is 33.6 Å². The molecule has 3 N–H and O–H groups in total. The molecule has 0 aliphatic rings. The number of allylic oxidation sites excluding steroid dienone is 12. The normalized spacial score (nSPS) is 13.5. The maximum absolute atomic E-state index is 12.0. The fourth-order valence-electron chi connectivity index (χ4n) is 3.03. The second-order valence-corrected chi connectivity index (χ2v) is 13.1. The Kier molecular flexibility index (Phi) is 26.5. The topological polar surface area (TPSA) is 87.7 Å². The predicted molar refractivity (Wildman–Crippen MR) is 180 cm³/mol. The van der Waals surface area contributed by atoms with E-state index in [2.05, 4.69) is 90.5 Å². The molecule has 0 aromatic heterocycles. The zero-order valence-corrected chi connectivity index (χ0v) is 27.3. The van der Waals surface area contributed by atoms with Crippen LogP contribution >= 0.6 is 21.6 Å². The van der Waals surface area contributed by atoms with Gasteiger partial charge in [-0.25, -0.2) is 4.79 Å². The number of hydrogen-bond acceptors (Lipinski definition) is 6. The average molecular weight is 607 g/mol. The molecule has 0 aliphatic carbocycles. The lowest BCUT2D eigenvalue weighted by Crippen LogP contribution is -2.37. The van der Waals surface area contributed by atoms with Gasteiger partial charge < -0.3 is 20.5 Å². The average Bonchev–Trinajstić information content (AvgIpc) is 2.95. The summed E-state index contributed by atoms with van der Waals surface area (Å²) >= 11 is 0. The molecule has 2 amide bonds. The summed E-state index contributed by atoms with van der Waals surface area (Å²) in [6.45, 7) is 9.12. The van der Waals surface area contributed by atoms with Gasteiger partial charge in [0.25, 0.3) is 0 Å². The van der Waals surface area contributed by atoms with E-state index in [-0.39, 0.29) is 17.3 Å². The van der Waals surface area contributed by atoms with Crippen molar-refractivity contribution in [2.45, 2.75) is 96.3 Å². The molecular weight excluding hydrogens is 553 g/mol. The van der Waals surface area contributed by atoms with Crippen molar-refractivity contribution in [3.8, 4) is 0 Å². The van der Waals surface area contributed by atoms with Crippen LogP contribution in [-0.4, -0.2) is 53.4 Å². The van der Waals surface area contributed by atoms with E-state index in [1.807, 2.05) is 20.8 Å². The molecule has 0 radical (unpaired) electrons. The van der Waals surface area contributed by atoms with Gasteiger partial charge in [0.15, 0.2) is 0 Å². The van der Waals surface area contributed by atoms with Crippen LogP contribution in [0.25, 0.3) is 0 Å². The smallest absolute Gasteiger partial charge is 0.407 e. The molecule has 0 saturated heterocycles. The van der Waals surface area contributed by atoms with Gasteiger partial charge in [-0.3, -0.25) is 4.79 Å². The fraction of sp³-hybridized carbons (Fsp3) is 0.576. The molecule has 232 valence electrons. The molecule has 8 heteroatoms. The summed E-state index contributed by atoms with van der Waals surface area (Å²) in [5.74, 6) is 0.848. The third-order valence-corrected chi connectivity index (χ3v) is 8.75. The van der Waals surface area contributed by atoms with Crippen LogP contribution in [0.1, 0.15) is 85.5 Å².